The van der Waals surface area contributed by atoms with Gasteiger partial charge in [-0.1, -0.05) is 23.3 Å². The van der Waals surface area contributed by atoms with Gasteiger partial charge in [-0.2, -0.15) is 0 Å². The molecule has 0 radical (unpaired) electrons. The molecule has 0 aromatic heterocycles. The molecule has 28 heavy (non-hydrogen) atoms. The number of rotatable bonds is 5. The van der Waals surface area contributed by atoms with Gasteiger partial charge in [0, 0.05) is 34.4 Å². The Kier molecular flexibility index (Phi) is 5.22. The summed E-state index contributed by atoms with van der Waals surface area (Å²) in [5, 5.41) is 22.7. The van der Waals surface area contributed by atoms with Crippen LogP contribution in [0.2, 0.25) is 0 Å². The van der Waals surface area contributed by atoms with Crippen molar-refractivity contribution in [2.24, 2.45) is 0 Å². The molecule has 0 aliphatic rings. The molecular formula is C22H21NO5. The molecule has 3 aromatic rings. The van der Waals surface area contributed by atoms with Gasteiger partial charge >= 0.3 is 0 Å². The predicted octanol–water partition coefficient (Wildman–Crippen LogP) is 5.27. The summed E-state index contributed by atoms with van der Waals surface area (Å²) >= 11 is 0. The van der Waals surface area contributed by atoms with E-state index in [0.717, 1.165) is 11.1 Å². The molecule has 1 N–H and O–H groups in total. The maximum absolute atomic E-state index is 11.6. The zero-order chi connectivity index (χ0) is 20.4. The van der Waals surface area contributed by atoms with Crippen LogP contribution in [-0.2, 0) is 0 Å². The van der Waals surface area contributed by atoms with Crippen molar-refractivity contribution in [1.82, 2.24) is 0 Å². The molecule has 3 rings (SSSR count). The van der Waals surface area contributed by atoms with E-state index in [1.54, 1.807) is 12.1 Å². The molecule has 6 nitrogen and oxygen atoms in total. The molecule has 0 bridgehead atoms. The van der Waals surface area contributed by atoms with Gasteiger partial charge in [-0.15, -0.1) is 0 Å². The zero-order valence-electron chi connectivity index (χ0n) is 16.1. The van der Waals surface area contributed by atoms with Crippen molar-refractivity contribution in [3.63, 3.8) is 0 Å². The number of aryl methyl sites for hydroxylation is 2. The van der Waals surface area contributed by atoms with Gasteiger partial charge in [0.1, 0.15) is 17.2 Å². The quantitative estimate of drug-likeness (QED) is 0.482. The number of phenols is 1. The van der Waals surface area contributed by atoms with Crippen LogP contribution in [-0.4, -0.2) is 24.2 Å². The van der Waals surface area contributed by atoms with Crippen LogP contribution < -0.4 is 9.47 Å². The zero-order valence-corrected chi connectivity index (χ0v) is 16.1. The number of phenolic OH excluding ortho intramolecular Hbond substituents is 1. The van der Waals surface area contributed by atoms with Gasteiger partial charge in [-0.3, -0.25) is 10.1 Å². The highest BCUT2D eigenvalue weighted by Crippen LogP contribution is 2.46. The third-order valence-electron chi connectivity index (χ3n) is 4.60. The SMILES string of the molecule is COc1ccc(C)cc1-c1cc([N+](=O)[O-])cc(-c2cc(C)ccc2OC)c1O. The Morgan fingerprint density at radius 3 is 1.57 bits per heavy atom. The fraction of sp³-hybridized carbons (Fsp3) is 0.182. The number of nitrogens with zero attached hydrogens (tertiary/aromatic N) is 1. The van der Waals surface area contributed by atoms with E-state index in [4.69, 9.17) is 9.47 Å². The number of ether oxygens (including phenoxy) is 2. The van der Waals surface area contributed by atoms with Gasteiger partial charge in [0.25, 0.3) is 5.69 Å². The summed E-state index contributed by atoms with van der Waals surface area (Å²) in [6, 6.07) is 13.7. The van der Waals surface area contributed by atoms with E-state index in [9.17, 15) is 15.2 Å². The van der Waals surface area contributed by atoms with Crippen LogP contribution in [0.25, 0.3) is 22.3 Å². The van der Waals surface area contributed by atoms with E-state index < -0.39 is 4.92 Å². The fourth-order valence-corrected chi connectivity index (χ4v) is 3.20. The van der Waals surface area contributed by atoms with Crippen LogP contribution in [0.4, 0.5) is 5.69 Å². The number of hydrogen-bond acceptors (Lipinski definition) is 5. The molecular weight excluding hydrogens is 358 g/mol. The first-order chi connectivity index (χ1) is 13.3. The van der Waals surface area contributed by atoms with Gasteiger partial charge < -0.3 is 14.6 Å². The lowest BCUT2D eigenvalue weighted by molar-refractivity contribution is -0.384. The lowest BCUT2D eigenvalue weighted by Gasteiger charge is -2.16. The van der Waals surface area contributed by atoms with Gasteiger partial charge in [-0.05, 0) is 38.1 Å². The van der Waals surface area contributed by atoms with Crippen molar-refractivity contribution in [1.29, 1.82) is 0 Å². The van der Waals surface area contributed by atoms with Crippen molar-refractivity contribution in [3.05, 3.63) is 69.8 Å². The highest BCUT2D eigenvalue weighted by atomic mass is 16.6. The number of benzene rings is 3. The molecule has 0 fully saturated rings. The Morgan fingerprint density at radius 1 is 0.786 bits per heavy atom. The second-order valence-corrected chi connectivity index (χ2v) is 6.55. The first-order valence-electron chi connectivity index (χ1n) is 8.67. The largest absolute Gasteiger partial charge is 0.507 e. The minimum absolute atomic E-state index is 0.0709. The molecule has 0 heterocycles. The van der Waals surface area contributed by atoms with Crippen molar-refractivity contribution in [2.75, 3.05) is 14.2 Å². The second-order valence-electron chi connectivity index (χ2n) is 6.55. The van der Waals surface area contributed by atoms with E-state index in [1.165, 1.54) is 26.4 Å². The van der Waals surface area contributed by atoms with E-state index in [2.05, 4.69) is 0 Å². The third-order valence-corrected chi connectivity index (χ3v) is 4.60. The van der Waals surface area contributed by atoms with Gasteiger partial charge in [0.15, 0.2) is 0 Å². The second kappa shape index (κ2) is 7.60. The Hall–Kier alpha value is -3.54. The summed E-state index contributed by atoms with van der Waals surface area (Å²) in [5.74, 6) is 0.963. The molecule has 0 saturated carbocycles. The lowest BCUT2D eigenvalue weighted by Crippen LogP contribution is -1.96. The molecule has 6 heteroatoms. The number of non-ortho nitro benzene ring substituents is 1. The van der Waals surface area contributed by atoms with E-state index >= 15 is 0 Å². The molecule has 0 aliphatic heterocycles. The number of hydrogen-bond donors (Lipinski definition) is 1. The Morgan fingerprint density at radius 2 is 1.21 bits per heavy atom. The van der Waals surface area contributed by atoms with Crippen LogP contribution in [0.15, 0.2) is 48.5 Å². The molecule has 0 spiro atoms. The van der Waals surface area contributed by atoms with Crippen molar-refractivity contribution >= 4 is 5.69 Å². The standard InChI is InChI=1S/C22H21NO5/c1-13-5-7-20(27-3)16(9-13)18-11-15(23(25)26)12-19(22(18)24)17-10-14(2)6-8-21(17)28-4/h5-12,24H,1-4H3. The summed E-state index contributed by atoms with van der Waals surface area (Å²) < 4.78 is 10.8. The minimum Gasteiger partial charge on any atom is -0.507 e. The maximum Gasteiger partial charge on any atom is 0.270 e. The lowest BCUT2D eigenvalue weighted by atomic mass is 9.94. The maximum atomic E-state index is 11.6. The third kappa shape index (κ3) is 3.49. The molecule has 3 aromatic carbocycles. The molecule has 0 amide bonds. The van der Waals surface area contributed by atoms with Crippen LogP contribution in [0, 0.1) is 24.0 Å². The van der Waals surface area contributed by atoms with Gasteiger partial charge in [-0.25, -0.2) is 0 Å². The summed E-state index contributed by atoms with van der Waals surface area (Å²) in [6.07, 6.45) is 0. The van der Waals surface area contributed by atoms with Gasteiger partial charge in [0.2, 0.25) is 0 Å². The number of nitro groups is 1. The predicted molar refractivity (Wildman–Crippen MR) is 108 cm³/mol. The molecule has 144 valence electrons. The summed E-state index contributed by atoms with van der Waals surface area (Å²) in [5.41, 5.74) is 3.57. The molecule has 0 atom stereocenters. The summed E-state index contributed by atoms with van der Waals surface area (Å²) in [4.78, 5) is 11.1. The fourth-order valence-electron chi connectivity index (χ4n) is 3.20. The van der Waals surface area contributed by atoms with E-state index in [-0.39, 0.29) is 11.4 Å². The minimum atomic E-state index is -0.475. The van der Waals surface area contributed by atoms with E-state index in [1.807, 2.05) is 38.1 Å². The average Bonchev–Trinajstić information content (AvgIpc) is 2.68. The van der Waals surface area contributed by atoms with Gasteiger partial charge in [0.05, 0.1) is 19.1 Å². The Balaban J connectivity index is 2.38. The van der Waals surface area contributed by atoms with Crippen LogP contribution in [0.1, 0.15) is 11.1 Å². The van der Waals surface area contributed by atoms with Crippen molar-refractivity contribution in [3.8, 4) is 39.5 Å². The first-order valence-corrected chi connectivity index (χ1v) is 8.67. The first kappa shape index (κ1) is 19.2. The number of methoxy groups -OCH3 is 2. The van der Waals surface area contributed by atoms with Crippen LogP contribution in [0.5, 0.6) is 17.2 Å². The highest BCUT2D eigenvalue weighted by Gasteiger charge is 2.22. The summed E-state index contributed by atoms with van der Waals surface area (Å²) in [6.45, 7) is 3.81. The number of aromatic hydroxyl groups is 1. The smallest absolute Gasteiger partial charge is 0.270 e. The molecule has 0 unspecified atom stereocenters. The topological polar surface area (TPSA) is 81.8 Å². The summed E-state index contributed by atoms with van der Waals surface area (Å²) in [7, 11) is 3.04. The van der Waals surface area contributed by atoms with Crippen LogP contribution >= 0.6 is 0 Å². The van der Waals surface area contributed by atoms with Crippen molar-refractivity contribution in [2.45, 2.75) is 13.8 Å². The molecule has 0 aliphatic carbocycles. The number of nitro benzene ring substituents is 1. The normalized spacial score (nSPS) is 10.6. The Bertz CT molecular complexity index is 984. The van der Waals surface area contributed by atoms with Crippen LogP contribution in [0.3, 0.4) is 0 Å². The Labute approximate surface area is 163 Å². The van der Waals surface area contributed by atoms with E-state index in [0.29, 0.717) is 33.8 Å². The highest BCUT2D eigenvalue weighted by molar-refractivity contribution is 5.88. The monoisotopic (exact) mass is 379 g/mol. The van der Waals surface area contributed by atoms with Crippen molar-refractivity contribution < 1.29 is 19.5 Å². The average molecular weight is 379 g/mol. The molecule has 0 saturated heterocycles.